The van der Waals surface area contributed by atoms with Gasteiger partial charge in [-0.3, -0.25) is 13.9 Å². The van der Waals surface area contributed by atoms with Crippen LogP contribution in [0.1, 0.15) is 5.56 Å². The van der Waals surface area contributed by atoms with Crippen molar-refractivity contribution in [1.29, 1.82) is 0 Å². The second-order valence-corrected chi connectivity index (χ2v) is 5.54. The second-order valence-electron chi connectivity index (χ2n) is 3.51. The molecule has 2 rings (SSSR count). The summed E-state index contributed by atoms with van der Waals surface area (Å²) in [5.41, 5.74) is 0.962. The number of hydrogen-bond donors (Lipinski definition) is 1. The predicted molar refractivity (Wildman–Crippen MR) is 65.5 cm³/mol. The fraction of sp³-hybridized carbons (Fsp3) is 0.273. The number of para-hydroxylation sites is 1. The number of nitrogens with zero attached hydrogens (tertiary/aromatic N) is 1. The maximum atomic E-state index is 12.3. The number of rotatable bonds is 4. The van der Waals surface area contributed by atoms with Crippen LogP contribution in [0.2, 0.25) is 0 Å². The Morgan fingerprint density at radius 1 is 1.33 bits per heavy atom. The summed E-state index contributed by atoms with van der Waals surface area (Å²) in [5, 5.41) is 9.81. The van der Waals surface area contributed by atoms with E-state index in [1.165, 1.54) is 20.3 Å². The zero-order valence-corrected chi connectivity index (χ0v) is 11.0. The van der Waals surface area contributed by atoms with Crippen molar-refractivity contribution in [1.82, 2.24) is 4.83 Å². The Labute approximate surface area is 105 Å². The fourth-order valence-electron chi connectivity index (χ4n) is 1.66. The van der Waals surface area contributed by atoms with Crippen molar-refractivity contribution in [3.63, 3.8) is 0 Å². The molecule has 0 spiro atoms. The standard InChI is InChI=1S/C11H14NO5P/c1-15-18(14,16-2)12-10(7-8-17-12)9-5-3-4-6-11(9)13/h3-7,13H,8H2,1-2H3. The number of aromatic hydroxyl groups is 1. The Morgan fingerprint density at radius 2 is 2.00 bits per heavy atom. The number of hydroxylamine groups is 1. The topological polar surface area (TPSA) is 68.2 Å². The van der Waals surface area contributed by atoms with Crippen LogP contribution in [0.5, 0.6) is 5.75 Å². The highest BCUT2D eigenvalue weighted by Gasteiger charge is 2.38. The van der Waals surface area contributed by atoms with Crippen LogP contribution in [0.4, 0.5) is 0 Å². The second kappa shape index (κ2) is 5.12. The van der Waals surface area contributed by atoms with Crippen molar-refractivity contribution >= 4 is 13.4 Å². The molecule has 1 aliphatic heterocycles. The molecule has 1 aromatic rings. The van der Waals surface area contributed by atoms with Crippen LogP contribution in [0.3, 0.4) is 0 Å². The molecule has 0 radical (unpaired) electrons. The highest BCUT2D eigenvalue weighted by molar-refractivity contribution is 7.51. The van der Waals surface area contributed by atoms with Gasteiger partial charge in [0, 0.05) is 19.8 Å². The third-order valence-electron chi connectivity index (χ3n) is 2.54. The Bertz CT molecular complexity index is 508. The van der Waals surface area contributed by atoms with E-state index in [0.29, 0.717) is 11.3 Å². The zero-order valence-electron chi connectivity index (χ0n) is 10.1. The molecule has 1 heterocycles. The summed E-state index contributed by atoms with van der Waals surface area (Å²) < 4.78 is 22.0. The highest BCUT2D eigenvalue weighted by atomic mass is 31.2. The molecule has 0 saturated carbocycles. The van der Waals surface area contributed by atoms with E-state index in [4.69, 9.17) is 13.9 Å². The van der Waals surface area contributed by atoms with Crippen molar-refractivity contribution in [2.75, 3.05) is 20.8 Å². The van der Waals surface area contributed by atoms with Crippen LogP contribution in [0, 0.1) is 0 Å². The van der Waals surface area contributed by atoms with Crippen molar-refractivity contribution in [2.24, 2.45) is 0 Å². The molecule has 1 aliphatic rings. The summed E-state index contributed by atoms with van der Waals surface area (Å²) >= 11 is 0. The van der Waals surface area contributed by atoms with Crippen LogP contribution in [-0.4, -0.2) is 30.8 Å². The van der Waals surface area contributed by atoms with Gasteiger partial charge in [0.05, 0.1) is 12.3 Å². The summed E-state index contributed by atoms with van der Waals surface area (Å²) in [6.07, 6.45) is 1.69. The molecule has 18 heavy (non-hydrogen) atoms. The van der Waals surface area contributed by atoms with Crippen molar-refractivity contribution in [3.8, 4) is 5.75 Å². The monoisotopic (exact) mass is 271 g/mol. The first-order valence-corrected chi connectivity index (χ1v) is 6.75. The predicted octanol–water partition coefficient (Wildman–Crippen LogP) is 2.38. The number of phenolic OH excluding ortho intramolecular Hbond substituents is 1. The molecule has 0 bridgehead atoms. The van der Waals surface area contributed by atoms with Gasteiger partial charge in [-0.1, -0.05) is 12.1 Å². The molecule has 6 nitrogen and oxygen atoms in total. The average Bonchev–Trinajstić information content (AvgIpc) is 2.88. The lowest BCUT2D eigenvalue weighted by molar-refractivity contribution is -0.0326. The minimum atomic E-state index is -3.54. The summed E-state index contributed by atoms with van der Waals surface area (Å²) in [6.45, 7) is 0.236. The van der Waals surface area contributed by atoms with Gasteiger partial charge in [0.1, 0.15) is 5.75 Å². The first-order chi connectivity index (χ1) is 8.62. The normalized spacial score (nSPS) is 15.9. The van der Waals surface area contributed by atoms with Gasteiger partial charge < -0.3 is 5.11 Å². The van der Waals surface area contributed by atoms with E-state index in [2.05, 4.69) is 0 Å². The first kappa shape index (κ1) is 13.1. The highest BCUT2D eigenvalue weighted by Crippen LogP contribution is 2.56. The minimum absolute atomic E-state index is 0.0676. The molecule has 0 atom stereocenters. The molecule has 98 valence electrons. The molecule has 7 heteroatoms. The lowest BCUT2D eigenvalue weighted by Crippen LogP contribution is -2.16. The molecule has 0 aromatic heterocycles. The lowest BCUT2D eigenvalue weighted by atomic mass is 10.1. The van der Waals surface area contributed by atoms with Crippen LogP contribution < -0.4 is 0 Å². The first-order valence-electron chi connectivity index (χ1n) is 5.26. The van der Waals surface area contributed by atoms with Crippen LogP contribution >= 0.6 is 7.75 Å². The van der Waals surface area contributed by atoms with E-state index in [9.17, 15) is 9.67 Å². The third kappa shape index (κ3) is 2.15. The molecule has 0 aliphatic carbocycles. The maximum absolute atomic E-state index is 12.3. The van der Waals surface area contributed by atoms with Crippen molar-refractivity contribution in [3.05, 3.63) is 35.9 Å². The van der Waals surface area contributed by atoms with E-state index < -0.39 is 7.75 Å². The largest absolute Gasteiger partial charge is 0.507 e. The quantitative estimate of drug-likeness (QED) is 0.848. The van der Waals surface area contributed by atoms with E-state index in [-0.39, 0.29) is 12.4 Å². The number of hydrogen-bond acceptors (Lipinski definition) is 5. The van der Waals surface area contributed by atoms with Gasteiger partial charge in [-0.2, -0.15) is 4.83 Å². The van der Waals surface area contributed by atoms with E-state index in [1.54, 1.807) is 24.3 Å². The smallest absolute Gasteiger partial charge is 0.458 e. The Balaban J connectivity index is 2.40. The molecule has 1 aromatic carbocycles. The third-order valence-corrected chi connectivity index (χ3v) is 4.24. The van der Waals surface area contributed by atoms with E-state index in [1.807, 2.05) is 0 Å². The molecular weight excluding hydrogens is 257 g/mol. The van der Waals surface area contributed by atoms with Crippen LogP contribution in [0.15, 0.2) is 30.3 Å². The SMILES string of the molecule is COP(=O)(OC)N1OCC=C1c1ccccc1O. The Morgan fingerprint density at radius 3 is 2.61 bits per heavy atom. The number of benzene rings is 1. The van der Waals surface area contributed by atoms with Gasteiger partial charge in [0.25, 0.3) is 0 Å². The van der Waals surface area contributed by atoms with Gasteiger partial charge in [-0.05, 0) is 18.2 Å². The summed E-state index contributed by atoms with van der Waals surface area (Å²) in [7, 11) is -0.994. The van der Waals surface area contributed by atoms with Crippen LogP contribution in [0.25, 0.3) is 5.70 Å². The van der Waals surface area contributed by atoms with Gasteiger partial charge in [-0.25, -0.2) is 4.57 Å². The average molecular weight is 271 g/mol. The summed E-state index contributed by atoms with van der Waals surface area (Å²) in [4.78, 5) is 6.31. The summed E-state index contributed by atoms with van der Waals surface area (Å²) in [6, 6.07) is 6.69. The van der Waals surface area contributed by atoms with E-state index in [0.717, 1.165) is 4.83 Å². The molecule has 1 N–H and O–H groups in total. The number of phenols is 1. The molecule has 0 fully saturated rings. The fourth-order valence-corrected chi connectivity index (χ4v) is 2.77. The molecule has 0 unspecified atom stereocenters. The van der Waals surface area contributed by atoms with Crippen molar-refractivity contribution < 1.29 is 23.6 Å². The molecule has 0 saturated heterocycles. The van der Waals surface area contributed by atoms with Crippen molar-refractivity contribution in [2.45, 2.75) is 0 Å². The van der Waals surface area contributed by atoms with Gasteiger partial charge in [-0.15, -0.1) is 0 Å². The van der Waals surface area contributed by atoms with Gasteiger partial charge >= 0.3 is 7.75 Å². The minimum Gasteiger partial charge on any atom is -0.507 e. The maximum Gasteiger partial charge on any atom is 0.458 e. The summed E-state index contributed by atoms with van der Waals surface area (Å²) in [5.74, 6) is 0.0676. The molecule has 0 amide bonds. The Kier molecular flexibility index (Phi) is 3.73. The van der Waals surface area contributed by atoms with Gasteiger partial charge in [0.15, 0.2) is 0 Å². The Hall–Kier alpha value is -1.33. The van der Waals surface area contributed by atoms with Gasteiger partial charge in [0.2, 0.25) is 0 Å². The molecular formula is C11H14NO5P. The van der Waals surface area contributed by atoms with E-state index >= 15 is 0 Å². The zero-order chi connectivity index (χ0) is 13.2. The van der Waals surface area contributed by atoms with Crippen LogP contribution in [-0.2, 0) is 18.5 Å². The lowest BCUT2D eigenvalue weighted by Gasteiger charge is -2.26.